The Labute approximate surface area is 625 Å². The number of benzene rings is 10. The number of rotatable bonds is 8. The zero-order valence-corrected chi connectivity index (χ0v) is 61.4. The standard InChI is InChI=1S/2C13H11F.6C12H11N/c1-10-2-4-11(5-3-10)12-6-8-13(14)9-7-12;1-10-5-7-11(8-6-10)12-3-2-4-13(14)9-12;1-10-2-4-11(5-3-10)12-6-8-13-9-7-12;2*1-10-4-6-11(7-5-10)12-3-2-8-13-9-12;1-10-5-2-3-7-12(10)11-6-4-8-13-9-11;1-10-3-2-4-12(9-10)11-5-7-13-8-6-11;1-10-4-2-3-5-12(10)11-6-8-13-9-7-11/h2*2-9H,1H3;6*2-9H,1H3. The van der Waals surface area contributed by atoms with Crippen LogP contribution in [0.15, 0.2) is 390 Å². The summed E-state index contributed by atoms with van der Waals surface area (Å²) in [4.78, 5) is 24.3. The van der Waals surface area contributed by atoms with Gasteiger partial charge in [-0.1, -0.05) is 270 Å². The molecule has 106 heavy (non-hydrogen) atoms. The molecule has 6 nitrogen and oxygen atoms in total. The Bertz CT molecular complexity index is 4820. The van der Waals surface area contributed by atoms with Gasteiger partial charge in [-0.15, -0.1) is 0 Å². The molecule has 0 saturated heterocycles. The first-order valence-electron chi connectivity index (χ1n) is 35.2. The number of nitrogens with zero attached hydrogens (tertiary/aromatic N) is 6. The average molecular weight is 1390 g/mol. The number of pyridine rings is 6. The van der Waals surface area contributed by atoms with Crippen LogP contribution in [0, 0.1) is 67.0 Å². The van der Waals surface area contributed by atoms with E-state index in [-0.39, 0.29) is 11.6 Å². The third-order valence-corrected chi connectivity index (χ3v) is 16.9. The van der Waals surface area contributed by atoms with E-state index in [0.29, 0.717) is 0 Å². The molecule has 0 N–H and O–H groups in total. The van der Waals surface area contributed by atoms with Crippen molar-refractivity contribution >= 4 is 0 Å². The minimum atomic E-state index is -0.194. The summed E-state index contributed by atoms with van der Waals surface area (Å²) < 4.78 is 25.6. The smallest absolute Gasteiger partial charge is 0.123 e. The summed E-state index contributed by atoms with van der Waals surface area (Å²) in [5.41, 5.74) is 29.0. The van der Waals surface area contributed by atoms with Crippen molar-refractivity contribution in [3.05, 3.63) is 446 Å². The lowest BCUT2D eigenvalue weighted by Crippen LogP contribution is -1.82. The van der Waals surface area contributed by atoms with Crippen LogP contribution in [0.4, 0.5) is 8.78 Å². The topological polar surface area (TPSA) is 77.3 Å². The normalized spacial score (nSPS) is 9.98. The van der Waals surface area contributed by atoms with Crippen molar-refractivity contribution in [2.24, 2.45) is 0 Å². The summed E-state index contributed by atoms with van der Waals surface area (Å²) in [7, 11) is 0. The van der Waals surface area contributed by atoms with Crippen molar-refractivity contribution in [1.82, 2.24) is 29.9 Å². The molecule has 524 valence electrons. The van der Waals surface area contributed by atoms with Crippen LogP contribution >= 0.6 is 0 Å². The highest BCUT2D eigenvalue weighted by atomic mass is 19.1. The zero-order valence-electron chi connectivity index (χ0n) is 61.4. The fourth-order valence-electron chi connectivity index (χ4n) is 10.9. The molecule has 0 aliphatic heterocycles. The SMILES string of the molecule is Cc1ccc(-c2ccc(F)cc2)cc1.Cc1ccc(-c2cccc(F)c2)cc1.Cc1ccc(-c2cccnc2)cc1.Cc1ccc(-c2cccnc2)cc1.Cc1ccc(-c2ccncc2)cc1.Cc1cccc(-c2ccncc2)c1.Cc1ccccc1-c1cccnc1.Cc1ccccc1-c1ccncc1. The molecule has 0 spiro atoms. The van der Waals surface area contributed by atoms with Crippen LogP contribution in [-0.4, -0.2) is 29.9 Å². The van der Waals surface area contributed by atoms with Gasteiger partial charge in [0.2, 0.25) is 0 Å². The Morgan fingerprint density at radius 3 is 0.802 bits per heavy atom. The van der Waals surface area contributed by atoms with E-state index >= 15 is 0 Å². The first-order valence-corrected chi connectivity index (χ1v) is 35.2. The summed E-state index contributed by atoms with van der Waals surface area (Å²) in [6.45, 7) is 16.7. The number of hydrogen-bond donors (Lipinski definition) is 0. The fraction of sp³-hybridized carbons (Fsp3) is 0.0816. The van der Waals surface area contributed by atoms with E-state index < -0.39 is 0 Å². The van der Waals surface area contributed by atoms with Gasteiger partial charge >= 0.3 is 0 Å². The molecule has 0 radical (unpaired) electrons. The molecule has 0 unspecified atom stereocenters. The molecule has 0 atom stereocenters. The monoisotopic (exact) mass is 1390 g/mol. The Balaban J connectivity index is 0.000000140. The highest BCUT2D eigenvalue weighted by molar-refractivity contribution is 5.70. The van der Waals surface area contributed by atoms with E-state index in [9.17, 15) is 8.78 Å². The van der Waals surface area contributed by atoms with Gasteiger partial charge in [-0.3, -0.25) is 29.9 Å². The van der Waals surface area contributed by atoms with Crippen molar-refractivity contribution in [2.75, 3.05) is 0 Å². The predicted octanol–water partition coefficient (Wildman–Crippen LogP) is 25.9. The average Bonchev–Trinajstić information content (AvgIpc) is 0.767. The number of hydrogen-bond acceptors (Lipinski definition) is 6. The molecular formula is C98H88F2N6. The maximum absolute atomic E-state index is 12.9. The molecule has 0 aliphatic rings. The predicted molar refractivity (Wildman–Crippen MR) is 440 cm³/mol. The maximum Gasteiger partial charge on any atom is 0.123 e. The second-order valence-electron chi connectivity index (χ2n) is 25.3. The van der Waals surface area contributed by atoms with Crippen LogP contribution in [0.2, 0.25) is 0 Å². The summed E-state index contributed by atoms with van der Waals surface area (Å²) in [6.07, 6.45) is 21.9. The van der Waals surface area contributed by atoms with E-state index in [1.807, 2.05) is 160 Å². The van der Waals surface area contributed by atoms with Crippen molar-refractivity contribution in [1.29, 1.82) is 0 Å². The molecule has 0 fully saturated rings. The van der Waals surface area contributed by atoms with Crippen molar-refractivity contribution < 1.29 is 8.78 Å². The first-order chi connectivity index (χ1) is 51.7. The molecule has 16 aromatic rings. The summed E-state index contributed by atoms with van der Waals surface area (Å²) in [5, 5.41) is 0. The van der Waals surface area contributed by atoms with Crippen LogP contribution < -0.4 is 0 Å². The molecular weight excluding hydrogens is 1300 g/mol. The van der Waals surface area contributed by atoms with Crippen molar-refractivity contribution in [3.8, 4) is 89.0 Å². The van der Waals surface area contributed by atoms with Gasteiger partial charge in [0.15, 0.2) is 0 Å². The first kappa shape index (κ1) is 77.1. The molecule has 16 rings (SSSR count). The molecule has 0 bridgehead atoms. The second-order valence-corrected chi connectivity index (χ2v) is 25.3. The summed E-state index contributed by atoms with van der Waals surface area (Å²) >= 11 is 0. The lowest BCUT2D eigenvalue weighted by atomic mass is 10.0. The Morgan fingerprint density at radius 1 is 0.170 bits per heavy atom. The third kappa shape index (κ3) is 25.8. The molecule has 8 heteroatoms. The molecule has 6 aromatic heterocycles. The molecule has 6 heterocycles. The largest absolute Gasteiger partial charge is 0.265 e. The number of aryl methyl sites for hydroxylation is 8. The highest BCUT2D eigenvalue weighted by Gasteiger charge is 2.04. The van der Waals surface area contributed by atoms with Crippen LogP contribution in [0.25, 0.3) is 89.0 Å². The Morgan fingerprint density at radius 2 is 0.453 bits per heavy atom. The minimum absolute atomic E-state index is 0.192. The summed E-state index contributed by atoms with van der Waals surface area (Å²) in [6, 6.07) is 104. The summed E-state index contributed by atoms with van der Waals surface area (Å²) in [5.74, 6) is -0.385. The fourth-order valence-corrected chi connectivity index (χ4v) is 10.9. The molecule has 0 aliphatic carbocycles. The highest BCUT2D eigenvalue weighted by Crippen LogP contribution is 2.27. The van der Waals surface area contributed by atoms with Crippen LogP contribution in [0.5, 0.6) is 0 Å². The van der Waals surface area contributed by atoms with Crippen molar-refractivity contribution in [2.45, 2.75) is 55.4 Å². The third-order valence-electron chi connectivity index (χ3n) is 16.9. The molecule has 10 aromatic carbocycles. The minimum Gasteiger partial charge on any atom is -0.265 e. The van der Waals surface area contributed by atoms with Crippen LogP contribution in [0.1, 0.15) is 44.5 Å². The van der Waals surface area contributed by atoms with Gasteiger partial charge in [0, 0.05) is 79.9 Å². The zero-order chi connectivity index (χ0) is 74.5. The number of halogens is 2. The van der Waals surface area contributed by atoms with Crippen LogP contribution in [0.3, 0.4) is 0 Å². The lowest BCUT2D eigenvalue weighted by Gasteiger charge is -2.03. The van der Waals surface area contributed by atoms with E-state index in [2.05, 4.69) is 254 Å². The van der Waals surface area contributed by atoms with E-state index in [0.717, 1.165) is 22.3 Å². The van der Waals surface area contributed by atoms with Gasteiger partial charge in [-0.05, 0) is 229 Å². The van der Waals surface area contributed by atoms with E-state index in [1.165, 1.54) is 129 Å². The van der Waals surface area contributed by atoms with Crippen LogP contribution in [-0.2, 0) is 0 Å². The Hall–Kier alpha value is -13.0. The number of aromatic nitrogens is 6. The van der Waals surface area contributed by atoms with E-state index in [4.69, 9.17) is 0 Å². The van der Waals surface area contributed by atoms with Gasteiger partial charge in [-0.25, -0.2) is 8.78 Å². The Kier molecular flexibility index (Phi) is 30.4. The van der Waals surface area contributed by atoms with Crippen molar-refractivity contribution in [3.63, 3.8) is 0 Å². The maximum atomic E-state index is 12.9. The molecule has 0 saturated carbocycles. The molecule has 0 amide bonds. The van der Waals surface area contributed by atoms with Gasteiger partial charge in [0.1, 0.15) is 11.6 Å². The van der Waals surface area contributed by atoms with Gasteiger partial charge in [-0.2, -0.15) is 0 Å². The van der Waals surface area contributed by atoms with Gasteiger partial charge < -0.3 is 0 Å². The van der Waals surface area contributed by atoms with Gasteiger partial charge in [0.25, 0.3) is 0 Å². The quantitative estimate of drug-likeness (QED) is 0.151. The van der Waals surface area contributed by atoms with E-state index in [1.54, 1.807) is 42.9 Å². The van der Waals surface area contributed by atoms with Gasteiger partial charge in [0.05, 0.1) is 0 Å². The lowest BCUT2D eigenvalue weighted by molar-refractivity contribution is 0.627. The second kappa shape index (κ2) is 41.8.